The van der Waals surface area contributed by atoms with Crippen molar-refractivity contribution in [1.82, 2.24) is 10.2 Å². The van der Waals surface area contributed by atoms with Gasteiger partial charge in [0.15, 0.2) is 0 Å². The lowest BCUT2D eigenvalue weighted by atomic mass is 10.1. The largest absolute Gasteiger partial charge is 0.352 e. The maximum atomic E-state index is 13.6. The molecule has 2 unspecified atom stereocenters. The lowest BCUT2D eigenvalue weighted by molar-refractivity contribution is -0.139. The zero-order chi connectivity index (χ0) is 25.6. The molecule has 2 amide bonds. The molecule has 1 N–H and O–H groups in total. The van der Waals surface area contributed by atoms with Crippen LogP contribution in [0.3, 0.4) is 0 Å². The molecule has 0 saturated carbocycles. The van der Waals surface area contributed by atoms with Crippen LogP contribution in [0.5, 0.6) is 0 Å². The summed E-state index contributed by atoms with van der Waals surface area (Å²) in [6.07, 6.45) is 1.85. The van der Waals surface area contributed by atoms with Gasteiger partial charge in [0, 0.05) is 17.1 Å². The molecule has 0 saturated heterocycles. The van der Waals surface area contributed by atoms with Crippen LogP contribution in [0, 0.1) is 13.8 Å². The van der Waals surface area contributed by atoms with Gasteiger partial charge in [0.25, 0.3) is 0 Å². The molecule has 186 valence electrons. The standard InChI is InChI=1S/C25H34BrN3O4S/c1-7-19(4)27-25(31)20(5)28(15-21-11-13-22(26)14-12-21)23(30)16-29(34(6,32)33)24-17(2)9-8-10-18(24)3/h8-14,19-20H,7,15-16H2,1-6H3,(H,27,31). The van der Waals surface area contributed by atoms with Crippen molar-refractivity contribution in [2.75, 3.05) is 17.1 Å². The molecule has 0 aliphatic heterocycles. The molecule has 9 heteroatoms. The van der Waals surface area contributed by atoms with Crippen molar-refractivity contribution in [3.63, 3.8) is 0 Å². The zero-order valence-electron chi connectivity index (χ0n) is 20.6. The Morgan fingerprint density at radius 1 is 1.03 bits per heavy atom. The minimum absolute atomic E-state index is 0.0401. The summed E-state index contributed by atoms with van der Waals surface area (Å²) in [5, 5.41) is 2.92. The van der Waals surface area contributed by atoms with Crippen LogP contribution in [0.2, 0.25) is 0 Å². The maximum Gasteiger partial charge on any atom is 0.244 e. The first-order valence-corrected chi connectivity index (χ1v) is 13.9. The van der Waals surface area contributed by atoms with E-state index < -0.39 is 28.5 Å². The van der Waals surface area contributed by atoms with E-state index in [-0.39, 0.29) is 18.5 Å². The van der Waals surface area contributed by atoms with Crippen molar-refractivity contribution in [3.05, 3.63) is 63.6 Å². The first-order chi connectivity index (χ1) is 15.8. The van der Waals surface area contributed by atoms with Crippen LogP contribution >= 0.6 is 15.9 Å². The van der Waals surface area contributed by atoms with Crippen molar-refractivity contribution < 1.29 is 18.0 Å². The van der Waals surface area contributed by atoms with Gasteiger partial charge in [-0.25, -0.2) is 8.42 Å². The average molecular weight is 553 g/mol. The lowest BCUT2D eigenvalue weighted by Gasteiger charge is -2.32. The van der Waals surface area contributed by atoms with Crippen molar-refractivity contribution in [3.8, 4) is 0 Å². The maximum absolute atomic E-state index is 13.6. The summed E-state index contributed by atoms with van der Waals surface area (Å²) in [4.78, 5) is 28.0. The predicted octanol–water partition coefficient (Wildman–Crippen LogP) is 4.16. The van der Waals surface area contributed by atoms with E-state index in [0.29, 0.717) is 5.69 Å². The van der Waals surface area contributed by atoms with E-state index in [9.17, 15) is 18.0 Å². The van der Waals surface area contributed by atoms with Crippen LogP contribution in [0.15, 0.2) is 46.9 Å². The van der Waals surface area contributed by atoms with Crippen molar-refractivity contribution in [2.24, 2.45) is 0 Å². The van der Waals surface area contributed by atoms with E-state index in [1.165, 1.54) is 4.90 Å². The fourth-order valence-corrected chi connectivity index (χ4v) is 4.84. The third-order valence-corrected chi connectivity index (χ3v) is 7.44. The van der Waals surface area contributed by atoms with Crippen LogP contribution in [-0.2, 0) is 26.2 Å². The second kappa shape index (κ2) is 11.8. The van der Waals surface area contributed by atoms with E-state index >= 15 is 0 Å². The highest BCUT2D eigenvalue weighted by Gasteiger charge is 2.31. The highest BCUT2D eigenvalue weighted by Crippen LogP contribution is 2.27. The number of aryl methyl sites for hydroxylation is 2. The van der Waals surface area contributed by atoms with Crippen molar-refractivity contribution in [2.45, 2.75) is 59.7 Å². The molecule has 0 aliphatic carbocycles. The Morgan fingerprint density at radius 3 is 2.09 bits per heavy atom. The molecular formula is C25H34BrN3O4S. The molecule has 0 spiro atoms. The second-order valence-corrected chi connectivity index (χ2v) is 11.5. The number of nitrogens with one attached hydrogen (secondary N) is 1. The molecule has 7 nitrogen and oxygen atoms in total. The summed E-state index contributed by atoms with van der Waals surface area (Å²) in [6, 6.07) is 12.1. The molecule has 2 aromatic carbocycles. The third-order valence-electron chi connectivity index (χ3n) is 5.80. The van der Waals surface area contributed by atoms with Gasteiger partial charge < -0.3 is 10.2 Å². The average Bonchev–Trinajstić information content (AvgIpc) is 2.76. The summed E-state index contributed by atoms with van der Waals surface area (Å²) >= 11 is 3.40. The third kappa shape index (κ3) is 7.30. The van der Waals surface area contributed by atoms with Gasteiger partial charge in [-0.1, -0.05) is 53.2 Å². The minimum Gasteiger partial charge on any atom is -0.352 e. The first-order valence-electron chi connectivity index (χ1n) is 11.2. The fraction of sp³-hybridized carbons (Fsp3) is 0.440. The summed E-state index contributed by atoms with van der Waals surface area (Å²) in [5.41, 5.74) is 2.82. The number of anilines is 1. The molecule has 0 aliphatic rings. The Hall–Kier alpha value is -2.39. The van der Waals surface area contributed by atoms with E-state index in [4.69, 9.17) is 0 Å². The number of nitrogens with zero attached hydrogens (tertiary/aromatic N) is 2. The van der Waals surface area contributed by atoms with Crippen LogP contribution in [-0.4, -0.2) is 50.0 Å². The fourth-order valence-electron chi connectivity index (χ4n) is 3.61. The van der Waals surface area contributed by atoms with Gasteiger partial charge in [-0.2, -0.15) is 0 Å². The van der Waals surface area contributed by atoms with Crippen molar-refractivity contribution >= 4 is 43.5 Å². The highest BCUT2D eigenvalue weighted by molar-refractivity contribution is 9.10. The molecule has 0 fully saturated rings. The second-order valence-electron chi connectivity index (χ2n) is 8.65. The number of carbonyl (C=O) groups excluding carboxylic acids is 2. The molecule has 2 atom stereocenters. The molecule has 0 bridgehead atoms. The number of carbonyl (C=O) groups is 2. The Kier molecular flexibility index (Phi) is 9.70. The van der Waals surface area contributed by atoms with Crippen LogP contribution in [0.25, 0.3) is 0 Å². The molecule has 2 aromatic rings. The van der Waals surface area contributed by atoms with Crippen LogP contribution in [0.4, 0.5) is 5.69 Å². The number of sulfonamides is 1. The molecule has 0 heterocycles. The number of halogens is 1. The SMILES string of the molecule is CCC(C)NC(=O)C(C)N(Cc1ccc(Br)cc1)C(=O)CN(c1c(C)cccc1C)S(C)(=O)=O. The number of amides is 2. The predicted molar refractivity (Wildman–Crippen MR) is 140 cm³/mol. The van der Waals surface area contributed by atoms with Gasteiger partial charge in [-0.05, 0) is 62.9 Å². The summed E-state index contributed by atoms with van der Waals surface area (Å²) < 4.78 is 27.5. The number of rotatable bonds is 10. The Balaban J connectivity index is 2.43. The lowest BCUT2D eigenvalue weighted by Crippen LogP contribution is -2.52. The smallest absolute Gasteiger partial charge is 0.244 e. The van der Waals surface area contributed by atoms with E-state index in [1.54, 1.807) is 6.92 Å². The van der Waals surface area contributed by atoms with Gasteiger partial charge >= 0.3 is 0 Å². The van der Waals surface area contributed by atoms with Crippen LogP contribution < -0.4 is 9.62 Å². The van der Waals surface area contributed by atoms with Gasteiger partial charge in [0.05, 0.1) is 11.9 Å². The summed E-state index contributed by atoms with van der Waals surface area (Å²) in [5.74, 6) is -0.736. The summed E-state index contributed by atoms with van der Waals surface area (Å²) in [7, 11) is -3.76. The molecule has 0 radical (unpaired) electrons. The van der Waals surface area contributed by atoms with Gasteiger partial charge in [0.2, 0.25) is 21.8 Å². The van der Waals surface area contributed by atoms with E-state index in [1.807, 2.05) is 70.2 Å². The monoisotopic (exact) mass is 551 g/mol. The van der Waals surface area contributed by atoms with Crippen LogP contribution in [0.1, 0.15) is 43.9 Å². The number of para-hydroxylation sites is 1. The van der Waals surface area contributed by atoms with Gasteiger partial charge in [0.1, 0.15) is 12.6 Å². The summed E-state index contributed by atoms with van der Waals surface area (Å²) in [6.45, 7) is 8.93. The normalized spacial score (nSPS) is 13.1. The Morgan fingerprint density at radius 2 is 1.59 bits per heavy atom. The zero-order valence-corrected chi connectivity index (χ0v) is 23.0. The topological polar surface area (TPSA) is 86.8 Å². The van der Waals surface area contributed by atoms with Gasteiger partial charge in [-0.3, -0.25) is 13.9 Å². The molecular weight excluding hydrogens is 518 g/mol. The number of hydrogen-bond acceptors (Lipinski definition) is 4. The highest BCUT2D eigenvalue weighted by atomic mass is 79.9. The molecule has 34 heavy (non-hydrogen) atoms. The quantitative estimate of drug-likeness (QED) is 0.480. The number of benzene rings is 2. The molecule has 2 rings (SSSR count). The first kappa shape index (κ1) is 27.9. The molecule has 0 aromatic heterocycles. The number of hydrogen-bond donors (Lipinski definition) is 1. The van der Waals surface area contributed by atoms with E-state index in [0.717, 1.165) is 38.1 Å². The Bertz CT molecular complexity index is 1100. The Labute approximate surface area is 211 Å². The minimum atomic E-state index is -3.76. The van der Waals surface area contributed by atoms with E-state index in [2.05, 4.69) is 21.2 Å². The van der Waals surface area contributed by atoms with Crippen molar-refractivity contribution in [1.29, 1.82) is 0 Å². The van der Waals surface area contributed by atoms with Gasteiger partial charge in [-0.15, -0.1) is 0 Å².